The summed E-state index contributed by atoms with van der Waals surface area (Å²) in [4.78, 5) is 14.7. The molecule has 40 heavy (non-hydrogen) atoms. The quantitative estimate of drug-likeness (QED) is 0.287. The van der Waals surface area contributed by atoms with Gasteiger partial charge in [-0.3, -0.25) is 0 Å². The van der Waals surface area contributed by atoms with Crippen LogP contribution in [0.3, 0.4) is 0 Å². The molecule has 222 valence electrons. The highest BCUT2D eigenvalue weighted by Crippen LogP contribution is 2.34. The Kier molecular flexibility index (Phi) is 12.1. The third-order valence-electron chi connectivity index (χ3n) is 8.54. The number of hydrogen-bond acceptors (Lipinski definition) is 7. The molecule has 2 saturated carbocycles. The number of aromatic nitrogens is 4. The predicted octanol–water partition coefficient (Wildman–Crippen LogP) is 6.31. The van der Waals surface area contributed by atoms with Crippen LogP contribution in [0.2, 0.25) is 0 Å². The molecule has 1 aliphatic heterocycles. The molecule has 12 heteroatoms. The Balaban J connectivity index is 0.00000147. The molecule has 3 aromatic rings. The molecule has 1 aromatic carbocycles. The van der Waals surface area contributed by atoms with E-state index < -0.39 is 0 Å². The first kappa shape index (κ1) is 32.6. The number of nitrogens with two attached hydrogens (primary N) is 1. The van der Waals surface area contributed by atoms with E-state index in [1.54, 1.807) is 12.1 Å². The minimum absolute atomic E-state index is 0. The Morgan fingerprint density at radius 2 is 1.65 bits per heavy atom. The number of imidazole rings is 1. The number of hydrogen-bond donors (Lipinski definition) is 3. The fourth-order valence-corrected chi connectivity index (χ4v) is 6.35. The summed E-state index contributed by atoms with van der Waals surface area (Å²) in [5, 5.41) is 5.86. The minimum Gasteiger partial charge on any atom is -0.351 e. The monoisotopic (exact) mass is 614 g/mol. The van der Waals surface area contributed by atoms with Crippen molar-refractivity contribution >= 4 is 60.2 Å². The van der Waals surface area contributed by atoms with Crippen molar-refractivity contribution in [1.29, 1.82) is 0 Å². The number of halogens is 4. The van der Waals surface area contributed by atoms with Crippen molar-refractivity contribution in [3.8, 4) is 0 Å². The van der Waals surface area contributed by atoms with Crippen LogP contribution in [0.25, 0.3) is 11.2 Å². The van der Waals surface area contributed by atoms with Crippen LogP contribution in [0.15, 0.2) is 30.6 Å². The summed E-state index contributed by atoms with van der Waals surface area (Å²) in [6.45, 7) is 1.83. The summed E-state index contributed by atoms with van der Waals surface area (Å²) < 4.78 is 15.9. The van der Waals surface area contributed by atoms with Crippen LogP contribution in [0, 0.1) is 11.7 Å². The first-order valence-electron chi connectivity index (χ1n) is 14.1. The Morgan fingerprint density at radius 1 is 0.925 bits per heavy atom. The van der Waals surface area contributed by atoms with E-state index in [4.69, 9.17) is 20.7 Å². The fourth-order valence-electron chi connectivity index (χ4n) is 6.35. The highest BCUT2D eigenvalue weighted by molar-refractivity contribution is 5.86. The van der Waals surface area contributed by atoms with Crippen molar-refractivity contribution in [2.24, 2.45) is 11.7 Å². The second kappa shape index (κ2) is 14.8. The van der Waals surface area contributed by atoms with Crippen molar-refractivity contribution in [3.63, 3.8) is 0 Å². The van der Waals surface area contributed by atoms with E-state index in [1.165, 1.54) is 31.7 Å². The molecule has 3 fully saturated rings. The van der Waals surface area contributed by atoms with Gasteiger partial charge in [-0.2, -0.15) is 9.97 Å². The lowest BCUT2D eigenvalue weighted by Gasteiger charge is -2.32. The number of anilines is 2. The molecule has 0 bridgehead atoms. The first-order chi connectivity index (χ1) is 18.1. The first-order valence-corrected chi connectivity index (χ1v) is 14.1. The summed E-state index contributed by atoms with van der Waals surface area (Å²) in [7, 11) is 0. The van der Waals surface area contributed by atoms with E-state index in [0.29, 0.717) is 30.0 Å². The summed E-state index contributed by atoms with van der Waals surface area (Å²) in [5.74, 6) is 1.86. The average Bonchev–Trinajstić information content (AvgIpc) is 3.57. The number of hydrazine groups is 1. The van der Waals surface area contributed by atoms with E-state index >= 15 is 0 Å². The SMILES string of the molecule is Cl.Cl.Cl.NC1CCC(Nc2nc(NN3CCC(Cc4cccc(F)c4)CC3)c3ncn(C4CCCC4)c3n2)CC1. The molecule has 3 aliphatic rings. The second-order valence-electron chi connectivity index (χ2n) is 11.3. The van der Waals surface area contributed by atoms with Crippen LogP contribution in [0.4, 0.5) is 16.2 Å². The van der Waals surface area contributed by atoms with Gasteiger partial charge in [-0.25, -0.2) is 14.4 Å². The van der Waals surface area contributed by atoms with Gasteiger partial charge in [0.15, 0.2) is 17.0 Å². The Morgan fingerprint density at radius 3 is 2.35 bits per heavy atom. The largest absolute Gasteiger partial charge is 0.351 e. The molecule has 0 spiro atoms. The van der Waals surface area contributed by atoms with Crippen LogP contribution in [-0.2, 0) is 6.42 Å². The number of nitrogens with one attached hydrogen (secondary N) is 2. The summed E-state index contributed by atoms with van der Waals surface area (Å²) in [5.41, 5.74) is 12.6. The molecule has 3 heterocycles. The van der Waals surface area contributed by atoms with Crippen LogP contribution in [0.1, 0.15) is 75.8 Å². The van der Waals surface area contributed by atoms with Gasteiger partial charge in [-0.15, -0.1) is 37.2 Å². The number of rotatable bonds is 7. The molecular weight excluding hydrogens is 574 g/mol. The van der Waals surface area contributed by atoms with Crippen LogP contribution < -0.4 is 16.5 Å². The van der Waals surface area contributed by atoms with E-state index in [1.807, 2.05) is 12.4 Å². The zero-order valence-electron chi connectivity index (χ0n) is 22.8. The van der Waals surface area contributed by atoms with Crippen molar-refractivity contribution in [1.82, 2.24) is 24.5 Å². The molecule has 4 N–H and O–H groups in total. The topological polar surface area (TPSA) is 96.9 Å². The summed E-state index contributed by atoms with van der Waals surface area (Å²) in [6.07, 6.45) is 14.0. The number of benzene rings is 1. The maximum Gasteiger partial charge on any atom is 0.227 e. The zero-order chi connectivity index (χ0) is 25.2. The van der Waals surface area contributed by atoms with Gasteiger partial charge in [0, 0.05) is 31.2 Å². The van der Waals surface area contributed by atoms with Gasteiger partial charge in [-0.1, -0.05) is 25.0 Å². The zero-order valence-corrected chi connectivity index (χ0v) is 25.3. The maximum atomic E-state index is 13.6. The van der Waals surface area contributed by atoms with Gasteiger partial charge in [0.2, 0.25) is 5.95 Å². The molecule has 0 amide bonds. The van der Waals surface area contributed by atoms with Gasteiger partial charge in [0.1, 0.15) is 5.82 Å². The normalized spacial score (nSPS) is 22.2. The van der Waals surface area contributed by atoms with Crippen molar-refractivity contribution in [3.05, 3.63) is 42.0 Å². The Hall–Kier alpha value is -1.91. The molecule has 0 atom stereocenters. The molecule has 0 unspecified atom stereocenters. The molecule has 6 rings (SSSR count). The van der Waals surface area contributed by atoms with Crippen molar-refractivity contribution < 1.29 is 4.39 Å². The Labute approximate surface area is 254 Å². The third-order valence-corrected chi connectivity index (χ3v) is 8.54. The lowest BCUT2D eigenvalue weighted by atomic mass is 9.91. The predicted molar refractivity (Wildman–Crippen MR) is 166 cm³/mol. The fraction of sp³-hybridized carbons (Fsp3) is 0.607. The van der Waals surface area contributed by atoms with E-state index in [0.717, 1.165) is 80.6 Å². The summed E-state index contributed by atoms with van der Waals surface area (Å²) in [6, 6.07) is 8.14. The molecule has 0 radical (unpaired) electrons. The van der Waals surface area contributed by atoms with Gasteiger partial charge < -0.3 is 21.0 Å². The Bertz CT molecular complexity index is 1210. The van der Waals surface area contributed by atoms with Crippen molar-refractivity contribution in [2.45, 2.75) is 88.8 Å². The highest BCUT2D eigenvalue weighted by Gasteiger charge is 2.26. The lowest BCUT2D eigenvalue weighted by molar-refractivity contribution is 0.216. The van der Waals surface area contributed by atoms with Crippen LogP contribution in [-0.4, -0.2) is 49.7 Å². The van der Waals surface area contributed by atoms with Gasteiger partial charge in [0.25, 0.3) is 0 Å². The number of nitrogens with zero attached hydrogens (tertiary/aromatic N) is 5. The van der Waals surface area contributed by atoms with E-state index in [-0.39, 0.29) is 43.0 Å². The number of fused-ring (bicyclic) bond motifs is 1. The van der Waals surface area contributed by atoms with E-state index in [9.17, 15) is 4.39 Å². The average molecular weight is 616 g/mol. The molecule has 1 saturated heterocycles. The standard InChI is InChI=1S/C28H39FN8.3ClH/c29-21-5-3-4-20(17-21)16-19-12-14-36(15-13-19)35-26-25-27(37(18-31-25)24-6-1-2-7-24)34-28(33-26)32-23-10-8-22(30)9-11-23;;;/h3-5,17-19,22-24H,1-2,6-16,30H2,(H2,32,33,34,35);3*1H. The van der Waals surface area contributed by atoms with Crippen molar-refractivity contribution in [2.75, 3.05) is 23.8 Å². The molecule has 2 aliphatic carbocycles. The lowest BCUT2D eigenvalue weighted by Crippen LogP contribution is -2.39. The number of piperidine rings is 1. The van der Waals surface area contributed by atoms with Gasteiger partial charge >= 0.3 is 0 Å². The van der Waals surface area contributed by atoms with Gasteiger partial charge in [0.05, 0.1) is 6.33 Å². The third kappa shape index (κ3) is 7.68. The second-order valence-corrected chi connectivity index (χ2v) is 11.3. The molecule has 8 nitrogen and oxygen atoms in total. The van der Waals surface area contributed by atoms with E-state index in [2.05, 4.69) is 20.3 Å². The van der Waals surface area contributed by atoms with Crippen LogP contribution in [0.5, 0.6) is 0 Å². The molecular formula is C28H42Cl3FN8. The van der Waals surface area contributed by atoms with Gasteiger partial charge in [-0.05, 0) is 81.4 Å². The summed E-state index contributed by atoms with van der Waals surface area (Å²) >= 11 is 0. The van der Waals surface area contributed by atoms with Crippen LogP contribution >= 0.6 is 37.2 Å². The molecule has 2 aromatic heterocycles. The highest BCUT2D eigenvalue weighted by atomic mass is 35.5. The maximum absolute atomic E-state index is 13.6. The minimum atomic E-state index is -0.151. The smallest absolute Gasteiger partial charge is 0.227 e.